The van der Waals surface area contributed by atoms with E-state index in [9.17, 15) is 4.79 Å². The monoisotopic (exact) mass is 398 g/mol. The second kappa shape index (κ2) is 11.9. The minimum atomic E-state index is -0.316. The summed E-state index contributed by atoms with van der Waals surface area (Å²) in [6, 6.07) is -0.0733. The largest absolute Gasteiger partial charge is 0.462 e. The molecule has 1 aromatic heterocycles. The molecule has 154 valence electrons. The Balaban J connectivity index is 2.62. The van der Waals surface area contributed by atoms with E-state index >= 15 is 0 Å². The van der Waals surface area contributed by atoms with E-state index < -0.39 is 0 Å². The zero-order chi connectivity index (χ0) is 20.4. The Morgan fingerprint density at radius 3 is 2.52 bits per heavy atom. The molecule has 0 spiro atoms. The van der Waals surface area contributed by atoms with E-state index in [0.29, 0.717) is 29.1 Å². The van der Waals surface area contributed by atoms with Crippen LogP contribution in [-0.4, -0.2) is 49.8 Å². The second-order valence-electron chi connectivity index (χ2n) is 6.58. The SMILES string of the molecule is CCOC(=O)c1sc(C(C)NC(=NC)NCCC(OCC)C(C)C)nc1C. The molecule has 7 nitrogen and oxygen atoms in total. The summed E-state index contributed by atoms with van der Waals surface area (Å²) in [5, 5.41) is 7.47. The van der Waals surface area contributed by atoms with Crippen molar-refractivity contribution in [3.63, 3.8) is 0 Å². The number of nitrogens with zero attached hydrogens (tertiary/aromatic N) is 2. The van der Waals surface area contributed by atoms with Crippen LogP contribution in [0.5, 0.6) is 0 Å². The smallest absolute Gasteiger partial charge is 0.350 e. The van der Waals surface area contributed by atoms with Gasteiger partial charge in [0.05, 0.1) is 24.4 Å². The van der Waals surface area contributed by atoms with Crippen LogP contribution in [0.15, 0.2) is 4.99 Å². The number of aliphatic imine (C=N–C) groups is 1. The van der Waals surface area contributed by atoms with Gasteiger partial charge in [-0.15, -0.1) is 11.3 Å². The van der Waals surface area contributed by atoms with Crippen molar-refractivity contribution < 1.29 is 14.3 Å². The molecule has 1 aromatic rings. The maximum Gasteiger partial charge on any atom is 0.350 e. The molecule has 0 amide bonds. The normalized spacial score (nSPS) is 14.1. The molecule has 0 saturated heterocycles. The van der Waals surface area contributed by atoms with Crippen molar-refractivity contribution in [3.05, 3.63) is 15.6 Å². The molecule has 0 aliphatic carbocycles. The molecule has 0 aliphatic rings. The Labute approximate surface area is 167 Å². The number of esters is 1. The van der Waals surface area contributed by atoms with Crippen LogP contribution in [0.4, 0.5) is 0 Å². The van der Waals surface area contributed by atoms with Crippen LogP contribution >= 0.6 is 11.3 Å². The van der Waals surface area contributed by atoms with Gasteiger partial charge in [-0.1, -0.05) is 13.8 Å². The standard InChI is InChI=1S/C19H34N4O3S/c1-8-25-15(12(3)4)10-11-21-19(20-7)23-14(6)17-22-13(5)16(27-17)18(24)26-9-2/h12,14-15H,8-11H2,1-7H3,(H2,20,21,23). The zero-order valence-corrected chi connectivity index (χ0v) is 18.4. The number of carbonyl (C=O) groups is 1. The lowest BCUT2D eigenvalue weighted by atomic mass is 10.0. The predicted molar refractivity (Wildman–Crippen MR) is 111 cm³/mol. The summed E-state index contributed by atoms with van der Waals surface area (Å²) in [5.74, 6) is 0.858. The van der Waals surface area contributed by atoms with E-state index in [2.05, 4.69) is 34.5 Å². The molecule has 0 aliphatic heterocycles. The molecule has 1 heterocycles. The van der Waals surface area contributed by atoms with Gasteiger partial charge in [-0.2, -0.15) is 0 Å². The molecule has 27 heavy (non-hydrogen) atoms. The first-order chi connectivity index (χ1) is 12.8. The highest BCUT2D eigenvalue weighted by molar-refractivity contribution is 7.13. The predicted octanol–water partition coefficient (Wildman–Crippen LogP) is 3.31. The number of guanidine groups is 1. The molecule has 8 heteroatoms. The highest BCUT2D eigenvalue weighted by atomic mass is 32.1. The summed E-state index contributed by atoms with van der Waals surface area (Å²) in [5.41, 5.74) is 0.696. The molecule has 0 radical (unpaired) electrons. The van der Waals surface area contributed by atoms with Gasteiger partial charge in [0.2, 0.25) is 0 Å². The summed E-state index contributed by atoms with van der Waals surface area (Å²) in [7, 11) is 1.74. The van der Waals surface area contributed by atoms with Crippen LogP contribution in [-0.2, 0) is 9.47 Å². The van der Waals surface area contributed by atoms with Crippen LogP contribution in [0.3, 0.4) is 0 Å². The van der Waals surface area contributed by atoms with E-state index in [1.807, 2.05) is 20.8 Å². The van der Waals surface area contributed by atoms with Crippen LogP contribution in [0, 0.1) is 12.8 Å². The van der Waals surface area contributed by atoms with Crippen molar-refractivity contribution in [2.75, 3.05) is 26.8 Å². The first-order valence-corrected chi connectivity index (χ1v) is 10.4. The number of hydrogen-bond acceptors (Lipinski definition) is 6. The highest BCUT2D eigenvalue weighted by Gasteiger charge is 2.20. The van der Waals surface area contributed by atoms with E-state index in [1.165, 1.54) is 11.3 Å². The molecule has 0 aromatic carbocycles. The third-order valence-corrected chi connectivity index (χ3v) is 5.39. The third-order valence-electron chi connectivity index (χ3n) is 4.07. The molecular weight excluding hydrogens is 364 g/mol. The zero-order valence-electron chi connectivity index (χ0n) is 17.6. The summed E-state index contributed by atoms with van der Waals surface area (Å²) < 4.78 is 10.9. The minimum absolute atomic E-state index is 0.0733. The average Bonchev–Trinajstić information content (AvgIpc) is 3.02. The molecule has 0 saturated carbocycles. The number of nitrogens with one attached hydrogen (secondary N) is 2. The molecule has 2 N–H and O–H groups in total. The van der Waals surface area contributed by atoms with Gasteiger partial charge in [0.15, 0.2) is 5.96 Å². The molecular formula is C19H34N4O3S. The fourth-order valence-corrected chi connectivity index (χ4v) is 3.57. The first kappa shape index (κ1) is 23.4. The van der Waals surface area contributed by atoms with Gasteiger partial charge >= 0.3 is 5.97 Å². The second-order valence-corrected chi connectivity index (χ2v) is 7.61. The number of aryl methyl sites for hydroxylation is 1. The van der Waals surface area contributed by atoms with Crippen LogP contribution in [0.2, 0.25) is 0 Å². The van der Waals surface area contributed by atoms with Crippen LogP contribution in [0.25, 0.3) is 0 Å². The van der Waals surface area contributed by atoms with Crippen LogP contribution < -0.4 is 10.6 Å². The summed E-state index contributed by atoms with van der Waals surface area (Å²) in [6.07, 6.45) is 1.14. The Morgan fingerprint density at radius 1 is 1.26 bits per heavy atom. The molecule has 2 unspecified atom stereocenters. The van der Waals surface area contributed by atoms with E-state index in [-0.39, 0.29) is 18.1 Å². The minimum Gasteiger partial charge on any atom is -0.462 e. The van der Waals surface area contributed by atoms with Crippen molar-refractivity contribution in [1.29, 1.82) is 0 Å². The molecule has 2 atom stereocenters. The van der Waals surface area contributed by atoms with Crippen molar-refractivity contribution >= 4 is 23.3 Å². The van der Waals surface area contributed by atoms with Crippen molar-refractivity contribution in [2.24, 2.45) is 10.9 Å². The Morgan fingerprint density at radius 2 is 1.96 bits per heavy atom. The topological polar surface area (TPSA) is 84.8 Å². The number of thiazole rings is 1. The quantitative estimate of drug-likeness (QED) is 0.357. The van der Waals surface area contributed by atoms with Crippen LogP contribution in [0.1, 0.15) is 67.5 Å². The lowest BCUT2D eigenvalue weighted by Gasteiger charge is -2.22. The fourth-order valence-electron chi connectivity index (χ4n) is 2.61. The Hall–Kier alpha value is -1.67. The average molecular weight is 399 g/mol. The number of carbonyl (C=O) groups excluding carboxylic acids is 1. The van der Waals surface area contributed by atoms with Crippen molar-refractivity contribution in [3.8, 4) is 0 Å². The Kier molecular flexibility index (Phi) is 10.3. The van der Waals surface area contributed by atoms with Gasteiger partial charge < -0.3 is 20.1 Å². The fraction of sp³-hybridized carbons (Fsp3) is 0.737. The van der Waals surface area contributed by atoms with E-state index in [1.54, 1.807) is 14.0 Å². The number of aromatic nitrogens is 1. The maximum atomic E-state index is 12.0. The molecule has 0 fully saturated rings. The summed E-state index contributed by atoms with van der Waals surface area (Å²) in [4.78, 5) is 21.3. The van der Waals surface area contributed by atoms with Gasteiger partial charge in [-0.05, 0) is 40.0 Å². The number of rotatable bonds is 10. The Bertz CT molecular complexity index is 616. The van der Waals surface area contributed by atoms with Gasteiger partial charge in [0.25, 0.3) is 0 Å². The van der Waals surface area contributed by atoms with E-state index in [0.717, 1.165) is 24.6 Å². The summed E-state index contributed by atoms with van der Waals surface area (Å²) in [6.45, 7) is 13.8. The summed E-state index contributed by atoms with van der Waals surface area (Å²) >= 11 is 1.36. The lowest BCUT2D eigenvalue weighted by Crippen LogP contribution is -2.40. The van der Waals surface area contributed by atoms with Gasteiger partial charge in [0.1, 0.15) is 9.88 Å². The highest BCUT2D eigenvalue weighted by Crippen LogP contribution is 2.24. The van der Waals surface area contributed by atoms with E-state index in [4.69, 9.17) is 9.47 Å². The number of hydrogen-bond donors (Lipinski definition) is 2. The lowest BCUT2D eigenvalue weighted by molar-refractivity contribution is 0.0258. The third kappa shape index (κ3) is 7.46. The van der Waals surface area contributed by atoms with Gasteiger partial charge in [-0.25, -0.2) is 9.78 Å². The first-order valence-electron chi connectivity index (χ1n) is 9.57. The number of ether oxygens (including phenoxy) is 2. The van der Waals surface area contributed by atoms with Gasteiger partial charge in [-0.3, -0.25) is 4.99 Å². The molecule has 1 rings (SSSR count). The van der Waals surface area contributed by atoms with Crippen molar-refractivity contribution in [1.82, 2.24) is 15.6 Å². The maximum absolute atomic E-state index is 12.0. The van der Waals surface area contributed by atoms with Gasteiger partial charge in [0, 0.05) is 20.2 Å². The van der Waals surface area contributed by atoms with Crippen molar-refractivity contribution in [2.45, 2.75) is 60.1 Å². The molecule has 0 bridgehead atoms.